The first-order valence-electron chi connectivity index (χ1n) is 6.48. The maximum atomic E-state index is 6.09. The normalized spacial score (nSPS) is 13.1. The highest BCUT2D eigenvalue weighted by molar-refractivity contribution is 5.25. The van der Waals surface area contributed by atoms with E-state index in [0.717, 1.165) is 12.8 Å². The first kappa shape index (κ1) is 13.2. The first-order valence-corrected chi connectivity index (χ1v) is 6.48. The quantitative estimate of drug-likeness (QED) is 0.772. The molecule has 0 amide bonds. The van der Waals surface area contributed by atoms with Crippen LogP contribution < -0.4 is 5.73 Å². The van der Waals surface area contributed by atoms with Crippen LogP contribution in [0.15, 0.2) is 24.3 Å². The van der Waals surface area contributed by atoms with Gasteiger partial charge in [0.1, 0.15) is 0 Å². The van der Waals surface area contributed by atoms with Crippen molar-refractivity contribution in [3.05, 3.63) is 35.4 Å². The van der Waals surface area contributed by atoms with Gasteiger partial charge in [-0.3, -0.25) is 0 Å². The Morgan fingerprint density at radius 1 is 1.12 bits per heavy atom. The molecule has 0 aliphatic heterocycles. The van der Waals surface area contributed by atoms with Gasteiger partial charge in [0.2, 0.25) is 0 Å². The lowest BCUT2D eigenvalue weighted by molar-refractivity contribution is 0.574. The minimum atomic E-state index is 0.324. The van der Waals surface area contributed by atoms with Gasteiger partial charge in [-0.25, -0.2) is 0 Å². The topological polar surface area (TPSA) is 26.0 Å². The fourth-order valence-electron chi connectivity index (χ4n) is 1.91. The molecule has 0 spiro atoms. The van der Waals surface area contributed by atoms with E-state index in [0.29, 0.717) is 12.0 Å². The average molecular weight is 219 g/mol. The second-order valence-corrected chi connectivity index (χ2v) is 5.00. The molecule has 0 heterocycles. The van der Waals surface area contributed by atoms with Gasteiger partial charge in [-0.05, 0) is 29.9 Å². The van der Waals surface area contributed by atoms with Crippen LogP contribution >= 0.6 is 0 Å². The van der Waals surface area contributed by atoms with Crippen LogP contribution in [0.4, 0.5) is 0 Å². The van der Waals surface area contributed by atoms with Gasteiger partial charge in [-0.15, -0.1) is 0 Å². The standard InChI is InChI=1S/C15H25N/c1-4-5-6-15(16)11-13-7-9-14(10-8-13)12(2)3/h7-10,12,15H,4-6,11,16H2,1-3H3. The van der Waals surface area contributed by atoms with Crippen molar-refractivity contribution in [3.8, 4) is 0 Å². The van der Waals surface area contributed by atoms with Gasteiger partial charge in [-0.1, -0.05) is 57.9 Å². The van der Waals surface area contributed by atoms with Crippen LogP contribution in [0.2, 0.25) is 0 Å². The van der Waals surface area contributed by atoms with Crippen molar-refractivity contribution in [2.24, 2.45) is 5.73 Å². The molecule has 1 heteroatoms. The molecule has 1 unspecified atom stereocenters. The van der Waals surface area contributed by atoms with Crippen molar-refractivity contribution in [3.63, 3.8) is 0 Å². The molecule has 16 heavy (non-hydrogen) atoms. The average Bonchev–Trinajstić information content (AvgIpc) is 2.27. The molecule has 1 aromatic carbocycles. The van der Waals surface area contributed by atoms with E-state index in [1.807, 2.05) is 0 Å². The Labute approximate surface area is 100 Å². The van der Waals surface area contributed by atoms with E-state index in [1.54, 1.807) is 0 Å². The molecule has 0 saturated carbocycles. The third-order valence-electron chi connectivity index (χ3n) is 3.07. The third-order valence-corrected chi connectivity index (χ3v) is 3.07. The molecule has 0 radical (unpaired) electrons. The van der Waals surface area contributed by atoms with Crippen molar-refractivity contribution >= 4 is 0 Å². The second kappa shape index (κ2) is 6.70. The summed E-state index contributed by atoms with van der Waals surface area (Å²) in [6, 6.07) is 9.23. The number of benzene rings is 1. The Bertz CT molecular complexity index is 287. The molecular weight excluding hydrogens is 194 g/mol. The summed E-state index contributed by atoms with van der Waals surface area (Å²) in [4.78, 5) is 0. The van der Waals surface area contributed by atoms with Crippen molar-refractivity contribution < 1.29 is 0 Å². The lowest BCUT2D eigenvalue weighted by atomic mass is 9.98. The summed E-state index contributed by atoms with van der Waals surface area (Å²) in [5, 5.41) is 0. The Morgan fingerprint density at radius 3 is 2.25 bits per heavy atom. The number of nitrogens with two attached hydrogens (primary N) is 1. The lowest BCUT2D eigenvalue weighted by Crippen LogP contribution is -2.22. The Hall–Kier alpha value is -0.820. The number of hydrogen-bond acceptors (Lipinski definition) is 1. The summed E-state index contributed by atoms with van der Waals surface area (Å²) in [6.45, 7) is 6.66. The van der Waals surface area contributed by atoms with Crippen LogP contribution in [0, 0.1) is 0 Å². The summed E-state index contributed by atoms with van der Waals surface area (Å²) >= 11 is 0. The molecule has 1 rings (SSSR count). The molecule has 1 nitrogen and oxygen atoms in total. The molecule has 0 aliphatic rings. The van der Waals surface area contributed by atoms with Crippen LogP contribution in [0.1, 0.15) is 57.1 Å². The Morgan fingerprint density at radius 2 is 1.75 bits per heavy atom. The maximum absolute atomic E-state index is 6.09. The van der Waals surface area contributed by atoms with Gasteiger partial charge in [0.15, 0.2) is 0 Å². The highest BCUT2D eigenvalue weighted by atomic mass is 14.6. The van der Waals surface area contributed by atoms with Crippen molar-refractivity contribution in [2.75, 3.05) is 0 Å². The summed E-state index contributed by atoms with van der Waals surface area (Å²) in [7, 11) is 0. The molecule has 0 aliphatic carbocycles. The van der Waals surface area contributed by atoms with Crippen LogP contribution in [0.25, 0.3) is 0 Å². The Kier molecular flexibility index (Phi) is 5.54. The SMILES string of the molecule is CCCCC(N)Cc1ccc(C(C)C)cc1. The second-order valence-electron chi connectivity index (χ2n) is 5.00. The third kappa shape index (κ3) is 4.36. The van der Waals surface area contributed by atoms with Gasteiger partial charge >= 0.3 is 0 Å². The van der Waals surface area contributed by atoms with Crippen LogP contribution in [-0.4, -0.2) is 6.04 Å². The molecule has 0 bridgehead atoms. The largest absolute Gasteiger partial charge is 0.327 e. The molecule has 0 aromatic heterocycles. The minimum absolute atomic E-state index is 0.324. The van der Waals surface area contributed by atoms with E-state index in [-0.39, 0.29) is 0 Å². The molecule has 1 atom stereocenters. The van der Waals surface area contributed by atoms with E-state index in [9.17, 15) is 0 Å². The van der Waals surface area contributed by atoms with Crippen LogP contribution in [-0.2, 0) is 6.42 Å². The minimum Gasteiger partial charge on any atom is -0.327 e. The summed E-state index contributed by atoms with van der Waals surface area (Å²) in [5.41, 5.74) is 8.87. The van der Waals surface area contributed by atoms with Gasteiger partial charge in [-0.2, -0.15) is 0 Å². The predicted molar refractivity (Wildman–Crippen MR) is 71.7 cm³/mol. The van der Waals surface area contributed by atoms with Gasteiger partial charge in [0, 0.05) is 6.04 Å². The maximum Gasteiger partial charge on any atom is 0.00793 e. The molecule has 1 aromatic rings. The van der Waals surface area contributed by atoms with Crippen LogP contribution in [0.5, 0.6) is 0 Å². The number of hydrogen-bond donors (Lipinski definition) is 1. The number of unbranched alkanes of at least 4 members (excludes halogenated alkanes) is 1. The van der Waals surface area contributed by atoms with E-state index in [2.05, 4.69) is 45.0 Å². The predicted octanol–water partition coefficient (Wildman–Crippen LogP) is 3.87. The molecular formula is C15H25N. The summed E-state index contributed by atoms with van der Waals surface area (Å²) in [6.07, 6.45) is 4.63. The number of rotatable bonds is 6. The van der Waals surface area contributed by atoms with Crippen molar-refractivity contribution in [1.29, 1.82) is 0 Å². The first-order chi connectivity index (χ1) is 7.63. The summed E-state index contributed by atoms with van der Waals surface area (Å²) in [5.74, 6) is 0.614. The monoisotopic (exact) mass is 219 g/mol. The highest BCUT2D eigenvalue weighted by Crippen LogP contribution is 2.15. The molecule has 90 valence electrons. The zero-order valence-electron chi connectivity index (χ0n) is 10.9. The van der Waals surface area contributed by atoms with Gasteiger partial charge in [0.05, 0.1) is 0 Å². The van der Waals surface area contributed by atoms with E-state index in [1.165, 1.54) is 24.0 Å². The molecule has 0 saturated heterocycles. The molecule has 0 fully saturated rings. The fraction of sp³-hybridized carbons (Fsp3) is 0.600. The van der Waals surface area contributed by atoms with Crippen molar-refractivity contribution in [2.45, 2.75) is 58.4 Å². The smallest absolute Gasteiger partial charge is 0.00793 e. The van der Waals surface area contributed by atoms with Gasteiger partial charge < -0.3 is 5.73 Å². The summed E-state index contributed by atoms with van der Waals surface area (Å²) < 4.78 is 0. The molecule has 2 N–H and O–H groups in total. The Balaban J connectivity index is 2.48. The van der Waals surface area contributed by atoms with Crippen molar-refractivity contribution in [1.82, 2.24) is 0 Å². The highest BCUT2D eigenvalue weighted by Gasteiger charge is 2.04. The zero-order chi connectivity index (χ0) is 12.0. The van der Waals surface area contributed by atoms with Gasteiger partial charge in [0.25, 0.3) is 0 Å². The zero-order valence-corrected chi connectivity index (χ0v) is 10.9. The van der Waals surface area contributed by atoms with E-state index >= 15 is 0 Å². The fourth-order valence-corrected chi connectivity index (χ4v) is 1.91. The van der Waals surface area contributed by atoms with Crippen LogP contribution in [0.3, 0.4) is 0 Å². The lowest BCUT2D eigenvalue weighted by Gasteiger charge is -2.12. The van der Waals surface area contributed by atoms with E-state index in [4.69, 9.17) is 5.73 Å². The van der Waals surface area contributed by atoms with E-state index < -0.39 is 0 Å².